The Labute approximate surface area is 128 Å². The Kier molecular flexibility index (Phi) is 4.96. The van der Waals surface area contributed by atoms with E-state index >= 15 is 0 Å². The highest BCUT2D eigenvalue weighted by atomic mass is 79.9. The first-order valence-corrected chi connectivity index (χ1v) is 7.46. The van der Waals surface area contributed by atoms with Gasteiger partial charge in [-0.15, -0.1) is 0 Å². The Balaban J connectivity index is 1.97. The monoisotopic (exact) mass is 331 g/mol. The molecule has 0 bridgehead atoms. The van der Waals surface area contributed by atoms with Crippen LogP contribution < -0.4 is 5.32 Å². The first-order valence-electron chi connectivity index (χ1n) is 6.67. The van der Waals surface area contributed by atoms with Gasteiger partial charge < -0.3 is 5.32 Å². The molecule has 0 radical (unpaired) electrons. The van der Waals surface area contributed by atoms with E-state index < -0.39 is 0 Å². The molecule has 0 saturated heterocycles. The summed E-state index contributed by atoms with van der Waals surface area (Å²) in [4.78, 5) is 12.1. The van der Waals surface area contributed by atoms with Crippen molar-refractivity contribution in [2.45, 2.75) is 19.8 Å². The molecule has 3 heteroatoms. The molecule has 0 fully saturated rings. The highest BCUT2D eigenvalue weighted by Crippen LogP contribution is 2.17. The molecule has 0 aliphatic rings. The molecule has 1 amide bonds. The molecule has 0 heterocycles. The van der Waals surface area contributed by atoms with E-state index in [2.05, 4.69) is 40.3 Å². The van der Waals surface area contributed by atoms with Crippen LogP contribution in [0.2, 0.25) is 0 Å². The molecule has 20 heavy (non-hydrogen) atoms. The predicted molar refractivity (Wildman–Crippen MR) is 86.1 cm³/mol. The van der Waals surface area contributed by atoms with Gasteiger partial charge in [0.25, 0.3) is 5.91 Å². The summed E-state index contributed by atoms with van der Waals surface area (Å²) in [5.74, 6) is 0.278. The lowest BCUT2D eigenvalue weighted by Crippen LogP contribution is -2.27. The highest BCUT2D eigenvalue weighted by Gasteiger charge is 2.10. The smallest absolute Gasteiger partial charge is 0.251 e. The predicted octanol–water partition coefficient (Wildman–Crippen LogP) is 4.29. The van der Waals surface area contributed by atoms with E-state index in [-0.39, 0.29) is 5.91 Å². The fraction of sp³-hybridized carbons (Fsp3) is 0.235. The average Bonchev–Trinajstić information content (AvgIpc) is 2.48. The van der Waals surface area contributed by atoms with Crippen molar-refractivity contribution < 1.29 is 4.79 Å². The summed E-state index contributed by atoms with van der Waals surface area (Å²) in [7, 11) is 0. The molecule has 1 unspecified atom stereocenters. The SMILES string of the molecule is Cc1cc(C(=O)NCC(C)c2ccccc2)ccc1Br. The van der Waals surface area contributed by atoms with Crippen molar-refractivity contribution in [1.29, 1.82) is 0 Å². The van der Waals surface area contributed by atoms with Crippen LogP contribution in [0, 0.1) is 6.92 Å². The molecule has 0 aromatic heterocycles. The molecule has 0 saturated carbocycles. The minimum atomic E-state index is -0.0246. The van der Waals surface area contributed by atoms with Crippen LogP contribution in [0.25, 0.3) is 0 Å². The largest absolute Gasteiger partial charge is 0.351 e. The summed E-state index contributed by atoms with van der Waals surface area (Å²) in [6.07, 6.45) is 0. The van der Waals surface area contributed by atoms with Gasteiger partial charge >= 0.3 is 0 Å². The second-order valence-corrected chi connectivity index (χ2v) is 5.84. The van der Waals surface area contributed by atoms with Gasteiger partial charge in [-0.25, -0.2) is 0 Å². The van der Waals surface area contributed by atoms with Crippen molar-refractivity contribution in [2.24, 2.45) is 0 Å². The fourth-order valence-electron chi connectivity index (χ4n) is 2.03. The number of amides is 1. The van der Waals surface area contributed by atoms with Crippen LogP contribution >= 0.6 is 15.9 Å². The molecule has 0 spiro atoms. The van der Waals surface area contributed by atoms with E-state index in [1.165, 1.54) is 5.56 Å². The van der Waals surface area contributed by atoms with Gasteiger partial charge in [-0.2, -0.15) is 0 Å². The topological polar surface area (TPSA) is 29.1 Å². The lowest BCUT2D eigenvalue weighted by molar-refractivity contribution is 0.0951. The molecule has 0 aliphatic heterocycles. The number of rotatable bonds is 4. The summed E-state index contributed by atoms with van der Waals surface area (Å²) >= 11 is 3.44. The molecule has 0 aliphatic carbocycles. The minimum Gasteiger partial charge on any atom is -0.351 e. The van der Waals surface area contributed by atoms with Crippen LogP contribution in [0.1, 0.15) is 34.3 Å². The lowest BCUT2D eigenvalue weighted by atomic mass is 10.0. The molecule has 2 rings (SSSR count). The normalized spacial score (nSPS) is 11.9. The van der Waals surface area contributed by atoms with E-state index in [0.717, 1.165) is 10.0 Å². The molecular formula is C17H18BrNO. The van der Waals surface area contributed by atoms with Gasteiger partial charge in [0.15, 0.2) is 0 Å². The first-order chi connectivity index (χ1) is 9.58. The van der Waals surface area contributed by atoms with E-state index in [0.29, 0.717) is 18.0 Å². The molecule has 1 N–H and O–H groups in total. The van der Waals surface area contributed by atoms with Gasteiger partial charge in [-0.1, -0.05) is 53.2 Å². The number of nitrogens with one attached hydrogen (secondary N) is 1. The summed E-state index contributed by atoms with van der Waals surface area (Å²) in [5, 5.41) is 2.99. The van der Waals surface area contributed by atoms with E-state index in [9.17, 15) is 4.79 Å². The van der Waals surface area contributed by atoms with Crippen LogP contribution in [0.5, 0.6) is 0 Å². The van der Waals surface area contributed by atoms with Crippen LogP contribution in [0.4, 0.5) is 0 Å². The van der Waals surface area contributed by atoms with Gasteiger partial charge in [0.2, 0.25) is 0 Å². The summed E-state index contributed by atoms with van der Waals surface area (Å²) in [6, 6.07) is 15.8. The number of hydrogen-bond acceptors (Lipinski definition) is 1. The van der Waals surface area contributed by atoms with Crippen molar-refractivity contribution >= 4 is 21.8 Å². The lowest BCUT2D eigenvalue weighted by Gasteiger charge is -2.13. The van der Waals surface area contributed by atoms with Crippen molar-refractivity contribution in [2.75, 3.05) is 6.54 Å². The number of carbonyl (C=O) groups is 1. The van der Waals surface area contributed by atoms with Crippen molar-refractivity contribution in [3.63, 3.8) is 0 Å². The number of halogens is 1. The molecule has 2 aromatic carbocycles. The summed E-state index contributed by atoms with van der Waals surface area (Å²) in [6.45, 7) is 4.73. The Morgan fingerprint density at radius 2 is 1.90 bits per heavy atom. The maximum Gasteiger partial charge on any atom is 0.251 e. The standard InChI is InChI=1S/C17H18BrNO/c1-12-10-15(8-9-16(12)18)17(20)19-11-13(2)14-6-4-3-5-7-14/h3-10,13H,11H2,1-2H3,(H,19,20). The van der Waals surface area contributed by atoms with Crippen LogP contribution in [-0.4, -0.2) is 12.5 Å². The molecular weight excluding hydrogens is 314 g/mol. The third-order valence-electron chi connectivity index (χ3n) is 3.36. The molecule has 2 nitrogen and oxygen atoms in total. The zero-order chi connectivity index (χ0) is 14.5. The van der Waals surface area contributed by atoms with Gasteiger partial charge in [-0.3, -0.25) is 4.79 Å². The average molecular weight is 332 g/mol. The first kappa shape index (κ1) is 14.8. The fourth-order valence-corrected chi connectivity index (χ4v) is 2.28. The van der Waals surface area contributed by atoms with E-state index in [1.54, 1.807) is 0 Å². The Hall–Kier alpha value is -1.61. The van der Waals surface area contributed by atoms with Gasteiger partial charge in [-0.05, 0) is 42.2 Å². The second-order valence-electron chi connectivity index (χ2n) is 4.99. The van der Waals surface area contributed by atoms with E-state index in [1.807, 2.05) is 43.3 Å². The summed E-state index contributed by atoms with van der Waals surface area (Å²) < 4.78 is 1.02. The third-order valence-corrected chi connectivity index (χ3v) is 4.25. The van der Waals surface area contributed by atoms with Gasteiger partial charge in [0, 0.05) is 16.6 Å². The summed E-state index contributed by atoms with van der Waals surface area (Å²) in [5.41, 5.74) is 3.00. The zero-order valence-corrected chi connectivity index (χ0v) is 13.3. The molecule has 104 valence electrons. The number of aryl methyl sites for hydroxylation is 1. The van der Waals surface area contributed by atoms with Crippen LogP contribution in [0.15, 0.2) is 53.0 Å². The number of benzene rings is 2. The minimum absolute atomic E-state index is 0.0246. The Morgan fingerprint density at radius 3 is 2.55 bits per heavy atom. The van der Waals surface area contributed by atoms with Crippen molar-refractivity contribution in [3.05, 3.63) is 69.7 Å². The quantitative estimate of drug-likeness (QED) is 0.889. The maximum atomic E-state index is 12.1. The van der Waals surface area contributed by atoms with Crippen molar-refractivity contribution in [3.8, 4) is 0 Å². The van der Waals surface area contributed by atoms with Crippen molar-refractivity contribution in [1.82, 2.24) is 5.32 Å². The second kappa shape index (κ2) is 6.71. The highest BCUT2D eigenvalue weighted by molar-refractivity contribution is 9.10. The van der Waals surface area contributed by atoms with Gasteiger partial charge in [0.05, 0.1) is 0 Å². The zero-order valence-electron chi connectivity index (χ0n) is 11.7. The molecule has 2 aromatic rings. The van der Waals surface area contributed by atoms with Crippen LogP contribution in [-0.2, 0) is 0 Å². The third kappa shape index (κ3) is 3.70. The Morgan fingerprint density at radius 1 is 1.20 bits per heavy atom. The number of carbonyl (C=O) groups excluding carboxylic acids is 1. The molecule has 1 atom stereocenters. The number of hydrogen-bond donors (Lipinski definition) is 1. The maximum absolute atomic E-state index is 12.1. The van der Waals surface area contributed by atoms with Gasteiger partial charge in [0.1, 0.15) is 0 Å². The Bertz CT molecular complexity index is 595. The van der Waals surface area contributed by atoms with E-state index in [4.69, 9.17) is 0 Å². The van der Waals surface area contributed by atoms with Crippen LogP contribution in [0.3, 0.4) is 0 Å².